The third-order valence-corrected chi connectivity index (χ3v) is 4.76. The maximum Gasteiger partial charge on any atom is 0.230 e. The first-order valence-corrected chi connectivity index (χ1v) is 8.60. The van der Waals surface area contributed by atoms with Gasteiger partial charge in [-0.2, -0.15) is 0 Å². The summed E-state index contributed by atoms with van der Waals surface area (Å²) in [6.07, 6.45) is 0. The molecule has 0 unspecified atom stereocenters. The molecule has 0 bridgehead atoms. The van der Waals surface area contributed by atoms with E-state index in [2.05, 4.69) is 10.3 Å². The van der Waals surface area contributed by atoms with E-state index in [9.17, 15) is 4.79 Å². The summed E-state index contributed by atoms with van der Waals surface area (Å²) in [4.78, 5) is 17.6. The van der Waals surface area contributed by atoms with Gasteiger partial charge in [0.1, 0.15) is 11.6 Å². The van der Waals surface area contributed by atoms with Gasteiger partial charge in [0, 0.05) is 11.9 Å². The summed E-state index contributed by atoms with van der Waals surface area (Å²) in [5.74, 6) is 2.02. The molecule has 2 aromatic carbocycles. The minimum atomic E-state index is -0.0112. The van der Waals surface area contributed by atoms with Gasteiger partial charge < -0.3 is 14.6 Å². The second-order valence-corrected chi connectivity index (χ2v) is 6.37. The van der Waals surface area contributed by atoms with Crippen molar-refractivity contribution >= 4 is 28.7 Å². The summed E-state index contributed by atoms with van der Waals surface area (Å²) in [6, 6.07) is 15.6. The lowest BCUT2D eigenvalue weighted by molar-refractivity contribution is -0.118. The fourth-order valence-electron chi connectivity index (χ4n) is 2.40. The number of thioether (sulfide) groups is 1. The van der Waals surface area contributed by atoms with Gasteiger partial charge >= 0.3 is 0 Å². The highest BCUT2D eigenvalue weighted by atomic mass is 32.2. The van der Waals surface area contributed by atoms with E-state index in [0.29, 0.717) is 12.3 Å². The normalized spacial score (nSPS) is 10.8. The molecule has 1 amide bonds. The maximum absolute atomic E-state index is 12.0. The maximum atomic E-state index is 12.0. The van der Waals surface area contributed by atoms with Crippen LogP contribution in [0.3, 0.4) is 0 Å². The van der Waals surface area contributed by atoms with Gasteiger partial charge in [0.15, 0.2) is 0 Å². The molecule has 24 heavy (non-hydrogen) atoms. The molecular formula is C18H19N3O2S. The number of amides is 1. The number of hydrogen-bond acceptors (Lipinski definition) is 4. The van der Waals surface area contributed by atoms with Crippen molar-refractivity contribution in [2.75, 3.05) is 12.9 Å². The minimum absolute atomic E-state index is 0.0112. The van der Waals surface area contributed by atoms with Gasteiger partial charge in [-0.25, -0.2) is 4.98 Å². The summed E-state index contributed by atoms with van der Waals surface area (Å²) in [5.41, 5.74) is 2.01. The van der Waals surface area contributed by atoms with Crippen molar-refractivity contribution in [3.8, 4) is 5.75 Å². The molecule has 0 fully saturated rings. The van der Waals surface area contributed by atoms with Crippen molar-refractivity contribution in [1.82, 2.24) is 14.9 Å². The monoisotopic (exact) mass is 341 g/mol. The minimum Gasteiger partial charge on any atom is -0.497 e. The lowest BCUT2D eigenvalue weighted by Crippen LogP contribution is -2.26. The molecule has 3 aromatic rings. The summed E-state index contributed by atoms with van der Waals surface area (Å²) in [5, 5.41) is 2.93. The quantitative estimate of drug-likeness (QED) is 0.700. The van der Waals surface area contributed by atoms with Crippen LogP contribution in [0.2, 0.25) is 0 Å². The Morgan fingerprint density at radius 3 is 2.67 bits per heavy atom. The molecule has 1 N–H and O–H groups in total. The van der Waals surface area contributed by atoms with E-state index in [4.69, 9.17) is 4.74 Å². The van der Waals surface area contributed by atoms with E-state index in [-0.39, 0.29) is 5.91 Å². The molecular weight excluding hydrogens is 322 g/mol. The van der Waals surface area contributed by atoms with Crippen molar-refractivity contribution in [2.45, 2.75) is 11.4 Å². The van der Waals surface area contributed by atoms with Gasteiger partial charge in [0.05, 0.1) is 30.4 Å². The number of nitrogens with one attached hydrogen (secondary N) is 1. The zero-order chi connectivity index (χ0) is 16.9. The number of para-hydroxylation sites is 2. The summed E-state index contributed by atoms with van der Waals surface area (Å²) >= 11 is 1.50. The Labute approximate surface area is 145 Å². The molecule has 0 saturated carbocycles. The predicted octanol–water partition coefficient (Wildman–Crippen LogP) is 2.99. The average Bonchev–Trinajstić information content (AvgIpc) is 2.95. The summed E-state index contributed by atoms with van der Waals surface area (Å²) in [7, 11) is 3.60. The van der Waals surface area contributed by atoms with Crippen LogP contribution in [0.1, 0.15) is 5.82 Å². The third-order valence-electron chi connectivity index (χ3n) is 3.75. The van der Waals surface area contributed by atoms with Crippen molar-refractivity contribution < 1.29 is 9.53 Å². The van der Waals surface area contributed by atoms with Gasteiger partial charge in [-0.1, -0.05) is 12.1 Å². The number of fused-ring (bicyclic) bond motifs is 1. The molecule has 3 rings (SSSR count). The van der Waals surface area contributed by atoms with E-state index < -0.39 is 0 Å². The number of imidazole rings is 1. The molecule has 0 aliphatic carbocycles. The number of methoxy groups -OCH3 is 1. The van der Waals surface area contributed by atoms with Crippen LogP contribution in [0.15, 0.2) is 53.4 Å². The third kappa shape index (κ3) is 3.71. The number of benzene rings is 2. The van der Waals surface area contributed by atoms with Crippen molar-refractivity contribution in [3.63, 3.8) is 0 Å². The lowest BCUT2D eigenvalue weighted by atomic mass is 10.3. The fraction of sp³-hybridized carbons (Fsp3) is 0.222. The summed E-state index contributed by atoms with van der Waals surface area (Å²) in [6.45, 7) is 0.424. The Bertz CT molecular complexity index is 843. The number of carbonyl (C=O) groups is 1. The van der Waals surface area contributed by atoms with Crippen LogP contribution in [0.25, 0.3) is 11.0 Å². The molecule has 0 spiro atoms. The molecule has 1 heterocycles. The molecule has 6 heteroatoms. The highest BCUT2D eigenvalue weighted by Gasteiger charge is 2.09. The van der Waals surface area contributed by atoms with Crippen LogP contribution in [-0.4, -0.2) is 28.3 Å². The molecule has 0 aliphatic rings. The van der Waals surface area contributed by atoms with Crippen LogP contribution >= 0.6 is 11.8 Å². The van der Waals surface area contributed by atoms with Gasteiger partial charge in [0.2, 0.25) is 5.91 Å². The first kappa shape index (κ1) is 16.4. The zero-order valence-electron chi connectivity index (χ0n) is 13.7. The van der Waals surface area contributed by atoms with Gasteiger partial charge in [-0.15, -0.1) is 11.8 Å². The largest absolute Gasteiger partial charge is 0.497 e. The second kappa shape index (κ2) is 7.40. The van der Waals surface area contributed by atoms with E-state index >= 15 is 0 Å². The van der Waals surface area contributed by atoms with Crippen LogP contribution < -0.4 is 10.1 Å². The van der Waals surface area contributed by atoms with Crippen molar-refractivity contribution in [2.24, 2.45) is 7.05 Å². The number of aromatic nitrogens is 2. The number of hydrogen-bond donors (Lipinski definition) is 1. The molecule has 1 aromatic heterocycles. The van der Waals surface area contributed by atoms with Crippen molar-refractivity contribution in [3.05, 3.63) is 54.4 Å². The van der Waals surface area contributed by atoms with Gasteiger partial charge in [-0.3, -0.25) is 4.79 Å². The molecule has 5 nitrogen and oxygen atoms in total. The Kier molecular flexibility index (Phi) is 5.05. The number of aryl methyl sites for hydroxylation is 1. The predicted molar refractivity (Wildman–Crippen MR) is 96.3 cm³/mol. The lowest BCUT2D eigenvalue weighted by Gasteiger charge is -2.06. The van der Waals surface area contributed by atoms with Crippen molar-refractivity contribution in [1.29, 1.82) is 0 Å². The van der Waals surface area contributed by atoms with E-state index in [1.54, 1.807) is 7.11 Å². The van der Waals surface area contributed by atoms with E-state index in [0.717, 1.165) is 27.5 Å². The fourth-order valence-corrected chi connectivity index (χ4v) is 3.13. The first-order valence-electron chi connectivity index (χ1n) is 7.61. The Hall–Kier alpha value is -2.47. The molecule has 0 atom stereocenters. The molecule has 0 radical (unpaired) electrons. The Morgan fingerprint density at radius 1 is 1.21 bits per heavy atom. The summed E-state index contributed by atoms with van der Waals surface area (Å²) < 4.78 is 7.13. The Balaban J connectivity index is 1.53. The zero-order valence-corrected chi connectivity index (χ0v) is 14.5. The van der Waals surface area contributed by atoms with Gasteiger partial charge in [0.25, 0.3) is 0 Å². The van der Waals surface area contributed by atoms with Crippen LogP contribution in [0.4, 0.5) is 0 Å². The van der Waals surface area contributed by atoms with Crippen LogP contribution in [0, 0.1) is 0 Å². The highest BCUT2D eigenvalue weighted by Crippen LogP contribution is 2.21. The highest BCUT2D eigenvalue weighted by molar-refractivity contribution is 8.00. The molecule has 0 saturated heterocycles. The molecule has 124 valence electrons. The smallest absolute Gasteiger partial charge is 0.230 e. The number of rotatable bonds is 6. The first-order chi connectivity index (χ1) is 11.7. The Morgan fingerprint density at radius 2 is 1.96 bits per heavy atom. The van der Waals surface area contributed by atoms with Crippen LogP contribution in [0.5, 0.6) is 5.75 Å². The number of nitrogens with zero attached hydrogens (tertiary/aromatic N) is 2. The number of ether oxygens (including phenoxy) is 1. The number of carbonyl (C=O) groups excluding carboxylic acids is 1. The van der Waals surface area contributed by atoms with E-state index in [1.165, 1.54) is 11.8 Å². The standard InChI is InChI=1S/C18H19N3O2S/c1-21-16-6-4-3-5-15(16)20-17(21)11-19-18(22)12-24-14-9-7-13(23-2)8-10-14/h3-10H,11-12H2,1-2H3,(H,19,22). The topological polar surface area (TPSA) is 56.1 Å². The SMILES string of the molecule is COc1ccc(SCC(=O)NCc2nc3ccccc3n2C)cc1. The molecule has 0 aliphatic heterocycles. The van der Waals surface area contributed by atoms with Crippen LogP contribution in [-0.2, 0) is 18.4 Å². The van der Waals surface area contributed by atoms with Gasteiger partial charge in [-0.05, 0) is 36.4 Å². The average molecular weight is 341 g/mol. The second-order valence-electron chi connectivity index (χ2n) is 5.32. The van der Waals surface area contributed by atoms with E-state index in [1.807, 2.05) is 60.1 Å².